The fourth-order valence-corrected chi connectivity index (χ4v) is 1.95. The van der Waals surface area contributed by atoms with Gasteiger partial charge in [0, 0.05) is 23.2 Å². The van der Waals surface area contributed by atoms with Crippen LogP contribution in [-0.2, 0) is 4.74 Å². The third-order valence-electron chi connectivity index (χ3n) is 2.63. The van der Waals surface area contributed by atoms with E-state index in [9.17, 15) is 4.79 Å². The Morgan fingerprint density at radius 3 is 2.28 bits per heavy atom. The summed E-state index contributed by atoms with van der Waals surface area (Å²) in [5.41, 5.74) is 4.81. The molecule has 0 spiro atoms. The van der Waals surface area contributed by atoms with Crippen molar-refractivity contribution in [2.45, 2.75) is 53.2 Å². The molecule has 102 valence electrons. The molecule has 1 unspecified atom stereocenters. The van der Waals surface area contributed by atoms with Crippen LogP contribution in [0.15, 0.2) is 17.0 Å². The van der Waals surface area contributed by atoms with Gasteiger partial charge in [-0.3, -0.25) is 4.99 Å². The minimum Gasteiger partial charge on any atom is -0.393 e. The van der Waals surface area contributed by atoms with E-state index in [1.165, 1.54) is 0 Å². The molecule has 0 bridgehead atoms. The van der Waals surface area contributed by atoms with Crippen LogP contribution in [0.3, 0.4) is 0 Å². The number of carbonyl (C=O) groups is 1. The molecule has 1 amide bonds. The van der Waals surface area contributed by atoms with Crippen molar-refractivity contribution < 1.29 is 9.53 Å². The topological polar surface area (TPSA) is 67.9 Å². The van der Waals surface area contributed by atoms with E-state index in [1.54, 1.807) is 12.3 Å². The van der Waals surface area contributed by atoms with Crippen LogP contribution in [0.5, 0.6) is 0 Å². The van der Waals surface area contributed by atoms with Crippen molar-refractivity contribution in [3.05, 3.63) is 12.0 Å². The molecule has 2 N–H and O–H groups in total. The number of nitrogens with zero attached hydrogens (tertiary/aromatic N) is 2. The second-order valence-corrected chi connectivity index (χ2v) is 6.50. The van der Waals surface area contributed by atoms with Crippen molar-refractivity contribution in [3.8, 4) is 0 Å². The number of primary amides is 1. The van der Waals surface area contributed by atoms with E-state index in [1.807, 2.05) is 25.7 Å². The molecular formula is C13H23N3O2. The second-order valence-electron chi connectivity index (χ2n) is 6.50. The quantitative estimate of drug-likeness (QED) is 0.780. The molecule has 1 aliphatic heterocycles. The summed E-state index contributed by atoms with van der Waals surface area (Å²) < 4.78 is 5.09. The summed E-state index contributed by atoms with van der Waals surface area (Å²) in [5.74, 6) is 0.449. The Kier molecular flexibility index (Phi) is 3.74. The molecule has 0 aromatic rings. The van der Waals surface area contributed by atoms with Gasteiger partial charge in [0.15, 0.2) is 0 Å². The maximum absolute atomic E-state index is 11.0. The normalized spacial score (nSPS) is 20.7. The van der Waals surface area contributed by atoms with Crippen LogP contribution in [0.2, 0.25) is 0 Å². The van der Waals surface area contributed by atoms with E-state index >= 15 is 0 Å². The largest absolute Gasteiger partial charge is 0.411 e. The summed E-state index contributed by atoms with van der Waals surface area (Å²) >= 11 is 0. The van der Waals surface area contributed by atoms with Crippen molar-refractivity contribution in [2.75, 3.05) is 0 Å². The Hall–Kier alpha value is -1.52. The Morgan fingerprint density at radius 1 is 1.33 bits per heavy atom. The van der Waals surface area contributed by atoms with Gasteiger partial charge >= 0.3 is 6.09 Å². The van der Waals surface area contributed by atoms with E-state index in [0.29, 0.717) is 5.88 Å². The molecule has 1 heterocycles. The monoisotopic (exact) mass is 253 g/mol. The van der Waals surface area contributed by atoms with Crippen molar-refractivity contribution in [2.24, 2.45) is 16.1 Å². The molecule has 1 atom stereocenters. The first-order valence-corrected chi connectivity index (χ1v) is 6.03. The number of hydrogen-bond acceptors (Lipinski definition) is 4. The third-order valence-corrected chi connectivity index (χ3v) is 2.63. The zero-order chi connectivity index (χ0) is 14.1. The van der Waals surface area contributed by atoms with Crippen molar-refractivity contribution in [3.63, 3.8) is 0 Å². The van der Waals surface area contributed by atoms with E-state index in [4.69, 9.17) is 10.5 Å². The minimum atomic E-state index is -0.807. The molecule has 0 radical (unpaired) electrons. The first kappa shape index (κ1) is 14.5. The zero-order valence-electron chi connectivity index (χ0n) is 12.0. The van der Waals surface area contributed by atoms with Crippen LogP contribution >= 0.6 is 0 Å². The first-order chi connectivity index (χ1) is 8.03. The van der Waals surface area contributed by atoms with Gasteiger partial charge in [0.25, 0.3) is 0 Å². The van der Waals surface area contributed by atoms with E-state index in [2.05, 4.69) is 25.8 Å². The molecule has 0 saturated heterocycles. The molecular weight excluding hydrogens is 230 g/mol. The number of rotatable bonds is 1. The van der Waals surface area contributed by atoms with Crippen LogP contribution in [0.25, 0.3) is 0 Å². The lowest BCUT2D eigenvalue weighted by molar-refractivity contribution is 0.00914. The van der Waals surface area contributed by atoms with Crippen LogP contribution in [0.4, 0.5) is 4.79 Å². The Labute approximate surface area is 109 Å². The predicted octanol–water partition coefficient (Wildman–Crippen LogP) is 2.48. The van der Waals surface area contributed by atoms with E-state index in [-0.39, 0.29) is 17.1 Å². The second kappa shape index (κ2) is 4.63. The number of carbonyl (C=O) groups excluding carboxylic acids is 1. The number of nitrogens with two attached hydrogens (primary N) is 1. The number of allylic oxidation sites excluding steroid dienone is 1. The SMILES string of the molecule is CC(C)(C)C1N=CC=C(OC(N)=O)N1C(C)(C)C. The number of aliphatic imine (C=N–C) groups is 1. The van der Waals surface area contributed by atoms with Gasteiger partial charge in [-0.05, 0) is 20.8 Å². The average molecular weight is 253 g/mol. The lowest BCUT2D eigenvalue weighted by Crippen LogP contribution is -2.53. The highest BCUT2D eigenvalue weighted by molar-refractivity contribution is 5.74. The number of ether oxygens (including phenoxy) is 1. The van der Waals surface area contributed by atoms with Crippen LogP contribution in [0.1, 0.15) is 41.5 Å². The lowest BCUT2D eigenvalue weighted by atomic mass is 9.88. The average Bonchev–Trinajstić information content (AvgIpc) is 2.13. The maximum Gasteiger partial charge on any atom is 0.411 e. The Bertz CT molecular complexity index is 386. The van der Waals surface area contributed by atoms with Gasteiger partial charge < -0.3 is 15.4 Å². The minimum absolute atomic E-state index is 0.0791. The molecule has 0 saturated carbocycles. The highest BCUT2D eigenvalue weighted by Crippen LogP contribution is 2.35. The van der Waals surface area contributed by atoms with Crippen molar-refractivity contribution in [1.82, 2.24) is 4.90 Å². The van der Waals surface area contributed by atoms with Gasteiger partial charge in [-0.1, -0.05) is 20.8 Å². The highest BCUT2D eigenvalue weighted by Gasteiger charge is 2.39. The molecule has 5 nitrogen and oxygen atoms in total. The van der Waals surface area contributed by atoms with E-state index in [0.717, 1.165) is 0 Å². The molecule has 1 aliphatic rings. The molecule has 1 rings (SSSR count). The van der Waals surface area contributed by atoms with Gasteiger partial charge in [-0.15, -0.1) is 0 Å². The maximum atomic E-state index is 11.0. The Balaban J connectivity index is 3.15. The molecule has 0 aromatic heterocycles. The summed E-state index contributed by atoms with van der Waals surface area (Å²) in [6.45, 7) is 12.4. The summed E-state index contributed by atoms with van der Waals surface area (Å²) in [5, 5.41) is 0. The smallest absolute Gasteiger partial charge is 0.393 e. The van der Waals surface area contributed by atoms with Gasteiger partial charge in [-0.2, -0.15) is 0 Å². The van der Waals surface area contributed by atoms with Gasteiger partial charge in [-0.25, -0.2) is 4.79 Å². The predicted molar refractivity (Wildman–Crippen MR) is 72.1 cm³/mol. The number of hydrogen-bond donors (Lipinski definition) is 1. The Morgan fingerprint density at radius 2 is 1.89 bits per heavy atom. The molecule has 0 fully saturated rings. The van der Waals surface area contributed by atoms with E-state index < -0.39 is 6.09 Å². The standard InChI is InChI=1S/C13H23N3O2/c1-12(2,3)10-15-8-7-9(18-11(14)17)16(10)13(4,5)6/h7-8,10H,1-6H3,(H2,14,17). The molecule has 5 heteroatoms. The molecule has 0 aliphatic carbocycles. The molecule has 18 heavy (non-hydrogen) atoms. The third kappa shape index (κ3) is 3.24. The van der Waals surface area contributed by atoms with Gasteiger partial charge in [0.2, 0.25) is 5.88 Å². The van der Waals surface area contributed by atoms with Crippen LogP contribution in [0, 0.1) is 5.41 Å². The fourth-order valence-electron chi connectivity index (χ4n) is 1.95. The summed E-state index contributed by atoms with van der Waals surface area (Å²) in [4.78, 5) is 17.5. The van der Waals surface area contributed by atoms with Crippen molar-refractivity contribution in [1.29, 1.82) is 0 Å². The van der Waals surface area contributed by atoms with Gasteiger partial charge in [0.1, 0.15) is 6.17 Å². The summed E-state index contributed by atoms with van der Waals surface area (Å²) in [6, 6.07) is 0. The fraction of sp³-hybridized carbons (Fsp3) is 0.692. The highest BCUT2D eigenvalue weighted by atomic mass is 16.6. The number of amides is 1. The summed E-state index contributed by atoms with van der Waals surface area (Å²) in [7, 11) is 0. The van der Waals surface area contributed by atoms with Crippen molar-refractivity contribution >= 4 is 12.3 Å². The lowest BCUT2D eigenvalue weighted by Gasteiger charge is -2.47. The van der Waals surface area contributed by atoms with Gasteiger partial charge in [0.05, 0.1) is 0 Å². The first-order valence-electron chi connectivity index (χ1n) is 6.03. The molecule has 0 aromatic carbocycles. The van der Waals surface area contributed by atoms with Crippen LogP contribution < -0.4 is 5.73 Å². The zero-order valence-corrected chi connectivity index (χ0v) is 12.0. The summed E-state index contributed by atoms with van der Waals surface area (Å²) in [6.07, 6.45) is 2.42. The van der Waals surface area contributed by atoms with Crippen LogP contribution in [-0.4, -0.2) is 28.9 Å².